The number of nitrogens with zero attached hydrogens (tertiary/aromatic N) is 1. The van der Waals surface area contributed by atoms with Gasteiger partial charge in [0.15, 0.2) is 0 Å². The minimum absolute atomic E-state index is 0.0505. The normalized spacial score (nSPS) is 11.8. The number of aromatic hydroxyl groups is 1. The summed E-state index contributed by atoms with van der Waals surface area (Å²) in [7, 11) is 0. The zero-order valence-electron chi connectivity index (χ0n) is 8.42. The largest absolute Gasteiger partial charge is 0.506 e. The molecule has 0 spiro atoms. The highest BCUT2D eigenvalue weighted by molar-refractivity contribution is 6.32. The van der Waals surface area contributed by atoms with Crippen LogP contribution >= 0.6 is 11.6 Å². The summed E-state index contributed by atoms with van der Waals surface area (Å²) in [5, 5.41) is 11.8. The second kappa shape index (κ2) is 5.21. The van der Waals surface area contributed by atoms with E-state index in [1.807, 2.05) is 5.43 Å². The van der Waals surface area contributed by atoms with Gasteiger partial charge < -0.3 is 5.11 Å². The van der Waals surface area contributed by atoms with Crippen molar-refractivity contribution in [1.29, 1.82) is 0 Å². The fourth-order valence-electron chi connectivity index (χ4n) is 0.857. The second-order valence-electron chi connectivity index (χ2n) is 3.02. The Balaban J connectivity index is 2.79. The highest BCUT2D eigenvalue weighted by Crippen LogP contribution is 2.29. The molecule has 0 aliphatic heterocycles. The standard InChI is InChI=1S/C9H5ClF4N2O2/c10-4-1-5(11)6(2-7(4)17)16-15-3-8(18)9(12,13)14/h1-3,16-17H/b15-3+. The first kappa shape index (κ1) is 14.2. The predicted octanol–water partition coefficient (Wildman–Crippen LogP) is 2.71. The van der Waals surface area contributed by atoms with Crippen LogP contribution < -0.4 is 5.43 Å². The molecule has 1 aromatic rings. The maximum absolute atomic E-state index is 13.1. The minimum atomic E-state index is -5.05. The van der Waals surface area contributed by atoms with Crippen molar-refractivity contribution in [3.63, 3.8) is 0 Å². The van der Waals surface area contributed by atoms with E-state index in [2.05, 4.69) is 5.10 Å². The molecule has 0 radical (unpaired) electrons. The maximum atomic E-state index is 13.1. The van der Waals surface area contributed by atoms with Crippen LogP contribution in [0.25, 0.3) is 0 Å². The predicted molar refractivity (Wildman–Crippen MR) is 56.3 cm³/mol. The molecule has 0 bridgehead atoms. The summed E-state index contributed by atoms with van der Waals surface area (Å²) in [6.07, 6.45) is -5.10. The fourth-order valence-corrected chi connectivity index (χ4v) is 1.01. The highest BCUT2D eigenvalue weighted by Gasteiger charge is 2.36. The summed E-state index contributed by atoms with van der Waals surface area (Å²) in [4.78, 5) is 10.4. The SMILES string of the molecule is O=C(/C=N/Nc1cc(O)c(Cl)cc1F)C(F)(F)F. The molecule has 0 unspecified atom stereocenters. The van der Waals surface area contributed by atoms with Gasteiger partial charge in [-0.1, -0.05) is 11.6 Å². The monoisotopic (exact) mass is 284 g/mol. The van der Waals surface area contributed by atoms with E-state index in [1.54, 1.807) is 0 Å². The third-order valence-corrected chi connectivity index (χ3v) is 1.99. The van der Waals surface area contributed by atoms with Crippen molar-refractivity contribution in [3.8, 4) is 5.75 Å². The molecular weight excluding hydrogens is 280 g/mol. The summed E-state index contributed by atoms with van der Waals surface area (Å²) < 4.78 is 48.5. The van der Waals surface area contributed by atoms with Gasteiger partial charge in [-0.05, 0) is 6.07 Å². The molecule has 0 fully saturated rings. The molecule has 0 amide bonds. The number of ketones is 1. The second-order valence-corrected chi connectivity index (χ2v) is 3.42. The maximum Gasteiger partial charge on any atom is 0.455 e. The van der Waals surface area contributed by atoms with Crippen LogP contribution in [0.15, 0.2) is 17.2 Å². The van der Waals surface area contributed by atoms with Crippen molar-refractivity contribution in [2.24, 2.45) is 5.10 Å². The molecule has 9 heteroatoms. The Morgan fingerprint density at radius 1 is 1.44 bits per heavy atom. The van der Waals surface area contributed by atoms with Crippen LogP contribution in [0.1, 0.15) is 0 Å². The van der Waals surface area contributed by atoms with Crippen molar-refractivity contribution in [1.82, 2.24) is 0 Å². The molecule has 0 aromatic heterocycles. The third-order valence-electron chi connectivity index (χ3n) is 1.68. The summed E-state index contributed by atoms with van der Waals surface area (Å²) in [6.45, 7) is 0. The number of carbonyl (C=O) groups excluding carboxylic acids is 1. The zero-order chi connectivity index (χ0) is 13.9. The molecule has 0 heterocycles. The number of Topliss-reactive ketones (excluding diaryl/α,β-unsaturated/α-hetero) is 1. The van der Waals surface area contributed by atoms with E-state index in [9.17, 15) is 22.4 Å². The summed E-state index contributed by atoms with van der Waals surface area (Å²) in [6, 6.07) is 1.55. The summed E-state index contributed by atoms with van der Waals surface area (Å²) in [5.74, 6) is -3.64. The summed E-state index contributed by atoms with van der Waals surface area (Å²) in [5.41, 5.74) is 1.41. The minimum Gasteiger partial charge on any atom is -0.506 e. The van der Waals surface area contributed by atoms with Crippen molar-refractivity contribution in [2.75, 3.05) is 5.43 Å². The molecule has 18 heavy (non-hydrogen) atoms. The molecule has 2 N–H and O–H groups in total. The number of hydrogen-bond acceptors (Lipinski definition) is 4. The number of hydrazone groups is 1. The first-order valence-corrected chi connectivity index (χ1v) is 4.68. The molecule has 0 atom stereocenters. The van der Waals surface area contributed by atoms with Gasteiger partial charge in [-0.3, -0.25) is 10.2 Å². The van der Waals surface area contributed by atoms with Crippen molar-refractivity contribution in [2.45, 2.75) is 6.18 Å². The van der Waals surface area contributed by atoms with Gasteiger partial charge in [-0.2, -0.15) is 18.3 Å². The Bertz CT molecular complexity index is 502. The Hall–Kier alpha value is -1.83. The molecule has 1 aromatic carbocycles. The van der Waals surface area contributed by atoms with Crippen LogP contribution in [0.2, 0.25) is 5.02 Å². The van der Waals surface area contributed by atoms with Gasteiger partial charge in [-0.25, -0.2) is 4.39 Å². The number of phenolic OH excluding ortho intramolecular Hbond substituents is 1. The molecular formula is C9H5ClF4N2O2. The van der Waals surface area contributed by atoms with Crippen molar-refractivity contribution in [3.05, 3.63) is 23.0 Å². The number of phenols is 1. The van der Waals surface area contributed by atoms with Crippen LogP contribution in [0.5, 0.6) is 5.75 Å². The van der Waals surface area contributed by atoms with Gasteiger partial charge in [0.1, 0.15) is 11.6 Å². The first-order valence-electron chi connectivity index (χ1n) is 4.30. The molecule has 0 saturated carbocycles. The number of alkyl halides is 3. The summed E-state index contributed by atoms with van der Waals surface area (Å²) >= 11 is 5.37. The average Bonchev–Trinajstić information content (AvgIpc) is 2.23. The molecule has 98 valence electrons. The van der Waals surface area contributed by atoms with E-state index in [0.717, 1.165) is 12.1 Å². The number of anilines is 1. The van der Waals surface area contributed by atoms with Gasteiger partial charge in [-0.15, -0.1) is 0 Å². The van der Waals surface area contributed by atoms with Crippen LogP contribution in [-0.2, 0) is 4.79 Å². The Labute approximate surface area is 103 Å². The van der Waals surface area contributed by atoms with Gasteiger partial charge in [0.05, 0.1) is 16.9 Å². The number of carbonyl (C=O) groups is 1. The van der Waals surface area contributed by atoms with E-state index >= 15 is 0 Å². The lowest BCUT2D eigenvalue weighted by molar-refractivity contribution is -0.162. The van der Waals surface area contributed by atoms with Crippen molar-refractivity contribution >= 4 is 29.3 Å². The van der Waals surface area contributed by atoms with Gasteiger partial charge in [0.25, 0.3) is 5.78 Å². The fraction of sp³-hybridized carbons (Fsp3) is 0.111. The molecule has 0 aliphatic carbocycles. The number of benzene rings is 1. The topological polar surface area (TPSA) is 61.7 Å². The van der Waals surface area contributed by atoms with Gasteiger partial charge in [0, 0.05) is 6.07 Å². The lowest BCUT2D eigenvalue weighted by atomic mass is 10.3. The smallest absolute Gasteiger partial charge is 0.455 e. The van der Waals surface area contributed by atoms with Gasteiger partial charge >= 0.3 is 6.18 Å². The molecule has 0 aliphatic rings. The Morgan fingerprint density at radius 3 is 2.61 bits per heavy atom. The first-order chi connectivity index (χ1) is 8.21. The van der Waals surface area contributed by atoms with Crippen LogP contribution in [0.3, 0.4) is 0 Å². The quantitative estimate of drug-likeness (QED) is 0.510. The van der Waals surface area contributed by atoms with Crippen LogP contribution in [0.4, 0.5) is 23.2 Å². The molecule has 0 saturated heterocycles. The Kier molecular flexibility index (Phi) is 4.12. The van der Waals surface area contributed by atoms with Crippen molar-refractivity contribution < 1.29 is 27.5 Å². The lowest BCUT2D eigenvalue weighted by Gasteiger charge is -2.04. The van der Waals surface area contributed by atoms with E-state index < -0.39 is 29.2 Å². The van der Waals surface area contributed by atoms with Gasteiger partial charge in [0.2, 0.25) is 0 Å². The van der Waals surface area contributed by atoms with E-state index in [4.69, 9.17) is 16.7 Å². The average molecular weight is 285 g/mol. The highest BCUT2D eigenvalue weighted by atomic mass is 35.5. The zero-order valence-corrected chi connectivity index (χ0v) is 9.18. The number of nitrogens with one attached hydrogen (secondary N) is 1. The third kappa shape index (κ3) is 3.59. The van der Waals surface area contributed by atoms with E-state index in [-0.39, 0.29) is 11.2 Å². The lowest BCUT2D eigenvalue weighted by Crippen LogP contribution is -2.23. The van der Waals surface area contributed by atoms with Crippen LogP contribution in [-0.4, -0.2) is 23.3 Å². The molecule has 1 rings (SSSR count). The number of hydrogen-bond donors (Lipinski definition) is 2. The van der Waals surface area contributed by atoms with E-state index in [0.29, 0.717) is 0 Å². The number of halogens is 5. The molecule has 4 nitrogen and oxygen atoms in total. The van der Waals surface area contributed by atoms with E-state index in [1.165, 1.54) is 0 Å². The Morgan fingerprint density at radius 2 is 2.06 bits per heavy atom. The number of rotatable bonds is 3. The van der Waals surface area contributed by atoms with Crippen LogP contribution in [0, 0.1) is 5.82 Å².